The van der Waals surface area contributed by atoms with Gasteiger partial charge in [-0.05, 0) is 62.9 Å². The van der Waals surface area contributed by atoms with E-state index in [1.807, 2.05) is 19.1 Å². The van der Waals surface area contributed by atoms with Crippen molar-refractivity contribution in [1.82, 2.24) is 0 Å². The number of allylic oxidation sites excluding steroid dienone is 2. The highest BCUT2D eigenvalue weighted by molar-refractivity contribution is 6.34. The summed E-state index contributed by atoms with van der Waals surface area (Å²) in [7, 11) is 0. The molecular weight excluding hydrogens is 374 g/mol. The molecule has 0 heterocycles. The van der Waals surface area contributed by atoms with E-state index in [9.17, 15) is 23.5 Å². The van der Waals surface area contributed by atoms with E-state index in [1.54, 1.807) is 45.9 Å². The molecule has 0 aliphatic heterocycles. The first-order chi connectivity index (χ1) is 13.4. The molecule has 5 heteroatoms. The first-order valence-corrected chi connectivity index (χ1v) is 9.42. The molecular formula is C24H24F2O3. The fourth-order valence-electron chi connectivity index (χ4n) is 3.87. The number of alkyl halides is 2. The molecule has 0 aromatic heterocycles. The Morgan fingerprint density at radius 2 is 1.41 bits per heavy atom. The predicted molar refractivity (Wildman–Crippen MR) is 109 cm³/mol. The van der Waals surface area contributed by atoms with Gasteiger partial charge < -0.3 is 5.11 Å². The zero-order valence-electron chi connectivity index (χ0n) is 17.1. The molecule has 0 saturated carbocycles. The third-order valence-electron chi connectivity index (χ3n) is 5.76. The van der Waals surface area contributed by atoms with Gasteiger partial charge in [0.1, 0.15) is 5.76 Å². The van der Waals surface area contributed by atoms with Crippen LogP contribution in [0.25, 0.3) is 16.7 Å². The highest BCUT2D eigenvalue weighted by atomic mass is 19.3. The maximum atomic E-state index is 13.2. The summed E-state index contributed by atoms with van der Waals surface area (Å²) in [6.45, 7) is 8.20. The van der Waals surface area contributed by atoms with Crippen molar-refractivity contribution < 1.29 is 23.5 Å². The summed E-state index contributed by atoms with van der Waals surface area (Å²) in [5.74, 6) is -0.986. The zero-order valence-corrected chi connectivity index (χ0v) is 17.1. The number of aliphatic hydroxyl groups is 1. The molecule has 0 saturated heterocycles. The van der Waals surface area contributed by atoms with Crippen molar-refractivity contribution >= 4 is 17.1 Å². The Kier molecular flexibility index (Phi) is 4.98. The van der Waals surface area contributed by atoms with E-state index in [1.165, 1.54) is 12.1 Å². The summed E-state index contributed by atoms with van der Waals surface area (Å²) in [4.78, 5) is 25.9. The minimum atomic E-state index is -2.54. The van der Waals surface area contributed by atoms with E-state index in [0.29, 0.717) is 11.1 Å². The number of carbonyl (C=O) groups is 2. The Balaban J connectivity index is 2.18. The summed E-state index contributed by atoms with van der Waals surface area (Å²) in [5.41, 5.74) is 0.389. The Bertz CT molecular complexity index is 1030. The summed E-state index contributed by atoms with van der Waals surface area (Å²) < 4.78 is 25.7. The maximum absolute atomic E-state index is 13.2. The molecule has 0 unspecified atom stereocenters. The molecule has 3 nitrogen and oxygen atoms in total. The molecule has 2 aromatic rings. The zero-order chi connectivity index (χ0) is 21.7. The van der Waals surface area contributed by atoms with Crippen molar-refractivity contribution in [3.05, 3.63) is 64.9 Å². The number of Topliss-reactive ketones (excluding diaryl/α,β-unsaturated/α-hetero) is 2. The third kappa shape index (κ3) is 3.28. The Morgan fingerprint density at radius 1 is 0.862 bits per heavy atom. The van der Waals surface area contributed by atoms with Crippen LogP contribution in [0.2, 0.25) is 0 Å². The smallest absolute Gasteiger partial charge is 0.263 e. The second-order valence-corrected chi connectivity index (χ2v) is 8.58. The molecule has 3 rings (SSSR count). The Hall–Kier alpha value is -2.82. The Morgan fingerprint density at radius 3 is 1.97 bits per heavy atom. The first kappa shape index (κ1) is 20.9. The second-order valence-electron chi connectivity index (χ2n) is 8.58. The van der Waals surface area contributed by atoms with Gasteiger partial charge in [-0.1, -0.05) is 36.4 Å². The molecule has 0 amide bonds. The van der Waals surface area contributed by atoms with Gasteiger partial charge in [-0.2, -0.15) is 0 Å². The molecule has 0 spiro atoms. The van der Waals surface area contributed by atoms with Crippen LogP contribution in [0.15, 0.2) is 48.2 Å². The molecule has 29 heavy (non-hydrogen) atoms. The van der Waals surface area contributed by atoms with Crippen LogP contribution in [0.3, 0.4) is 0 Å². The van der Waals surface area contributed by atoms with Gasteiger partial charge in [0.2, 0.25) is 0 Å². The van der Waals surface area contributed by atoms with Crippen LogP contribution in [0.1, 0.15) is 50.8 Å². The maximum Gasteiger partial charge on any atom is 0.263 e. The van der Waals surface area contributed by atoms with Gasteiger partial charge in [0.15, 0.2) is 11.6 Å². The van der Waals surface area contributed by atoms with Gasteiger partial charge >= 0.3 is 0 Å². The SMILES string of the molecule is Cc1ccc(-c2ccc(C(F)F)cc2)cc1C1=C(O)C(C)(C)C(=O)C(C)(C)C1=O. The number of hydrogen-bond acceptors (Lipinski definition) is 3. The van der Waals surface area contributed by atoms with Gasteiger partial charge in [-0.15, -0.1) is 0 Å². The lowest BCUT2D eigenvalue weighted by atomic mass is 9.62. The quantitative estimate of drug-likeness (QED) is 0.638. The normalized spacial score (nSPS) is 18.5. The van der Waals surface area contributed by atoms with E-state index >= 15 is 0 Å². The molecule has 0 radical (unpaired) electrons. The monoisotopic (exact) mass is 398 g/mol. The number of benzene rings is 2. The lowest BCUT2D eigenvalue weighted by molar-refractivity contribution is -0.143. The molecule has 0 bridgehead atoms. The van der Waals surface area contributed by atoms with Gasteiger partial charge in [-0.25, -0.2) is 8.78 Å². The van der Waals surface area contributed by atoms with Gasteiger partial charge in [-0.3, -0.25) is 9.59 Å². The summed E-state index contributed by atoms with van der Waals surface area (Å²) in [5, 5.41) is 10.9. The second kappa shape index (κ2) is 6.90. The highest BCUT2D eigenvalue weighted by Crippen LogP contribution is 2.47. The van der Waals surface area contributed by atoms with Crippen LogP contribution in [0.5, 0.6) is 0 Å². The largest absolute Gasteiger partial charge is 0.510 e. The van der Waals surface area contributed by atoms with Crippen LogP contribution in [-0.4, -0.2) is 16.7 Å². The van der Waals surface area contributed by atoms with E-state index in [4.69, 9.17) is 0 Å². The van der Waals surface area contributed by atoms with Crippen LogP contribution in [0.4, 0.5) is 8.78 Å². The minimum absolute atomic E-state index is 0.0640. The molecule has 2 aromatic carbocycles. The number of carbonyl (C=O) groups excluding carboxylic acids is 2. The summed E-state index contributed by atoms with van der Waals surface area (Å²) >= 11 is 0. The molecule has 1 aliphatic rings. The number of hydrogen-bond donors (Lipinski definition) is 1. The van der Waals surface area contributed by atoms with Crippen LogP contribution in [-0.2, 0) is 9.59 Å². The van der Waals surface area contributed by atoms with E-state index in [2.05, 4.69) is 0 Å². The van der Waals surface area contributed by atoms with Crippen molar-refractivity contribution in [2.45, 2.75) is 41.0 Å². The average Bonchev–Trinajstić information content (AvgIpc) is 2.67. The number of rotatable bonds is 3. The van der Waals surface area contributed by atoms with Crippen LogP contribution in [0, 0.1) is 17.8 Å². The molecule has 1 aliphatic carbocycles. The van der Waals surface area contributed by atoms with Crippen molar-refractivity contribution in [3.8, 4) is 11.1 Å². The number of aryl methyl sites for hydroxylation is 1. The van der Waals surface area contributed by atoms with Gasteiger partial charge in [0.05, 0.1) is 16.4 Å². The van der Waals surface area contributed by atoms with E-state index in [-0.39, 0.29) is 22.7 Å². The molecule has 152 valence electrons. The standard InChI is InChI=1S/C24H24F2O3/c1-13-6-7-16(14-8-10-15(11-9-14)21(25)26)12-17(13)18-19(27)23(2,3)22(29)24(4,5)20(18)28/h6-12,21,27H,1-5H3. The summed E-state index contributed by atoms with van der Waals surface area (Å²) in [6.07, 6.45) is -2.54. The van der Waals surface area contributed by atoms with E-state index in [0.717, 1.165) is 11.1 Å². The van der Waals surface area contributed by atoms with Gasteiger partial charge in [0.25, 0.3) is 6.43 Å². The minimum Gasteiger partial charge on any atom is -0.510 e. The van der Waals surface area contributed by atoms with Crippen LogP contribution < -0.4 is 0 Å². The third-order valence-corrected chi connectivity index (χ3v) is 5.76. The van der Waals surface area contributed by atoms with Crippen molar-refractivity contribution in [1.29, 1.82) is 0 Å². The van der Waals surface area contributed by atoms with Crippen molar-refractivity contribution in [3.63, 3.8) is 0 Å². The fraction of sp³-hybridized carbons (Fsp3) is 0.333. The molecule has 0 fully saturated rings. The Labute approximate surface area is 169 Å². The van der Waals surface area contributed by atoms with Crippen molar-refractivity contribution in [2.24, 2.45) is 10.8 Å². The first-order valence-electron chi connectivity index (χ1n) is 9.42. The molecule has 1 N–H and O–H groups in total. The lowest BCUT2D eigenvalue weighted by Crippen LogP contribution is -2.48. The fourth-order valence-corrected chi connectivity index (χ4v) is 3.87. The van der Waals surface area contributed by atoms with Gasteiger partial charge in [0, 0.05) is 5.56 Å². The lowest BCUT2D eigenvalue weighted by Gasteiger charge is -2.38. The topological polar surface area (TPSA) is 54.4 Å². The number of ketones is 2. The van der Waals surface area contributed by atoms with Crippen LogP contribution >= 0.6 is 0 Å². The number of aliphatic hydroxyl groups excluding tert-OH is 1. The number of halogens is 2. The van der Waals surface area contributed by atoms with Crippen molar-refractivity contribution in [2.75, 3.05) is 0 Å². The predicted octanol–water partition coefficient (Wildman–Crippen LogP) is 6.07. The van der Waals surface area contributed by atoms with E-state index < -0.39 is 23.0 Å². The molecule has 0 atom stereocenters. The average molecular weight is 398 g/mol. The highest BCUT2D eigenvalue weighted by Gasteiger charge is 2.53. The summed E-state index contributed by atoms with van der Waals surface area (Å²) in [6, 6.07) is 11.4.